The lowest BCUT2D eigenvalue weighted by atomic mass is 10.1. The number of aryl methyl sites for hydroxylation is 2. The molecule has 1 aromatic carbocycles. The van der Waals surface area contributed by atoms with Crippen LogP contribution < -0.4 is 10.1 Å². The zero-order valence-electron chi connectivity index (χ0n) is 12.0. The first-order valence-corrected chi connectivity index (χ1v) is 6.80. The number of ether oxygens (including phenoxy) is 1. The van der Waals surface area contributed by atoms with E-state index in [9.17, 15) is 4.79 Å². The van der Waals surface area contributed by atoms with Crippen molar-refractivity contribution < 1.29 is 9.53 Å². The second-order valence-electron chi connectivity index (χ2n) is 5.12. The minimum absolute atomic E-state index is 0.0814. The molecular weight excluding hydrogens is 264 g/mol. The van der Waals surface area contributed by atoms with Gasteiger partial charge in [0, 0.05) is 11.9 Å². The van der Waals surface area contributed by atoms with Crippen molar-refractivity contribution in [3.8, 4) is 5.75 Å². The van der Waals surface area contributed by atoms with Gasteiger partial charge in [0.2, 0.25) is 0 Å². The predicted octanol–water partition coefficient (Wildman–Crippen LogP) is 3.20. The number of nitrogens with one attached hydrogen (secondary N) is 1. The lowest BCUT2D eigenvalue weighted by Gasteiger charge is -2.20. The van der Waals surface area contributed by atoms with Gasteiger partial charge in [-0.05, 0) is 48.7 Å². The average molecular weight is 280 g/mol. The summed E-state index contributed by atoms with van der Waals surface area (Å²) in [6, 6.07) is 7.95. The number of carbonyl (C=O) groups excluding carboxylic acids is 1. The van der Waals surface area contributed by atoms with E-state index in [0.717, 1.165) is 33.8 Å². The minimum Gasteiger partial charge on any atom is -0.481 e. The van der Waals surface area contributed by atoms with Crippen molar-refractivity contribution in [1.29, 1.82) is 0 Å². The van der Waals surface area contributed by atoms with Crippen LogP contribution in [0.25, 0.3) is 12.2 Å². The Labute approximate surface area is 123 Å². The van der Waals surface area contributed by atoms with Gasteiger partial charge in [0.25, 0.3) is 5.91 Å². The van der Waals surface area contributed by atoms with Crippen LogP contribution in [0.1, 0.15) is 22.4 Å². The summed E-state index contributed by atoms with van der Waals surface area (Å²) >= 11 is 0. The van der Waals surface area contributed by atoms with Crippen LogP contribution in [-0.2, 0) is 4.79 Å². The first-order valence-electron chi connectivity index (χ1n) is 6.80. The lowest BCUT2D eigenvalue weighted by molar-refractivity contribution is -0.118. The highest BCUT2D eigenvalue weighted by Crippen LogP contribution is 2.33. The largest absolute Gasteiger partial charge is 0.481 e. The van der Waals surface area contributed by atoms with Gasteiger partial charge in [-0.3, -0.25) is 9.78 Å². The van der Waals surface area contributed by atoms with Gasteiger partial charge in [0.1, 0.15) is 5.75 Å². The Bertz CT molecular complexity index is 718. The maximum atomic E-state index is 11.4. The molecule has 1 amide bonds. The number of benzene rings is 1. The topological polar surface area (TPSA) is 51.2 Å². The van der Waals surface area contributed by atoms with Crippen LogP contribution in [0, 0.1) is 13.8 Å². The van der Waals surface area contributed by atoms with Crippen molar-refractivity contribution in [2.45, 2.75) is 13.8 Å². The van der Waals surface area contributed by atoms with Crippen LogP contribution in [0.4, 0.5) is 5.69 Å². The molecule has 0 aliphatic carbocycles. The fourth-order valence-corrected chi connectivity index (χ4v) is 2.28. The molecule has 0 bridgehead atoms. The Balaban J connectivity index is 1.89. The van der Waals surface area contributed by atoms with Gasteiger partial charge in [-0.15, -0.1) is 0 Å². The quantitative estimate of drug-likeness (QED) is 0.919. The highest BCUT2D eigenvalue weighted by atomic mass is 16.5. The number of fused-ring (bicyclic) bond motifs is 1. The second kappa shape index (κ2) is 5.40. The maximum absolute atomic E-state index is 11.4. The van der Waals surface area contributed by atoms with Gasteiger partial charge in [-0.1, -0.05) is 18.2 Å². The number of aromatic nitrogens is 1. The Hall–Kier alpha value is -2.62. The van der Waals surface area contributed by atoms with Crippen molar-refractivity contribution in [1.82, 2.24) is 4.98 Å². The number of pyridine rings is 1. The summed E-state index contributed by atoms with van der Waals surface area (Å²) in [5, 5.41) is 2.84. The molecule has 1 N–H and O–H groups in total. The summed E-state index contributed by atoms with van der Waals surface area (Å²) in [6.07, 6.45) is 5.83. The number of hydrogen-bond donors (Lipinski definition) is 1. The minimum atomic E-state index is -0.120. The van der Waals surface area contributed by atoms with Crippen molar-refractivity contribution in [3.63, 3.8) is 0 Å². The van der Waals surface area contributed by atoms with E-state index in [1.807, 2.05) is 56.5 Å². The van der Waals surface area contributed by atoms with Crippen LogP contribution in [0.3, 0.4) is 0 Å². The molecule has 0 fully saturated rings. The molecule has 4 heteroatoms. The molecule has 106 valence electrons. The number of nitrogens with zero attached hydrogens (tertiary/aromatic N) is 1. The summed E-state index contributed by atoms with van der Waals surface area (Å²) in [5.41, 5.74) is 4.78. The van der Waals surface area contributed by atoms with Crippen LogP contribution in [0.15, 0.2) is 30.5 Å². The summed E-state index contributed by atoms with van der Waals surface area (Å²) < 4.78 is 5.45. The number of amides is 1. The normalized spacial score (nSPS) is 13.7. The van der Waals surface area contributed by atoms with Gasteiger partial charge in [0.15, 0.2) is 6.61 Å². The molecule has 0 saturated heterocycles. The monoisotopic (exact) mass is 280 g/mol. The highest BCUT2D eigenvalue weighted by molar-refractivity contribution is 5.96. The molecule has 0 radical (unpaired) electrons. The van der Waals surface area contributed by atoms with E-state index in [0.29, 0.717) is 0 Å². The van der Waals surface area contributed by atoms with Crippen LogP contribution >= 0.6 is 0 Å². The number of rotatable bonds is 2. The van der Waals surface area contributed by atoms with Crippen LogP contribution in [0.5, 0.6) is 5.75 Å². The van der Waals surface area contributed by atoms with Crippen molar-refractivity contribution >= 4 is 23.7 Å². The maximum Gasteiger partial charge on any atom is 0.262 e. The van der Waals surface area contributed by atoms with E-state index in [2.05, 4.69) is 10.3 Å². The molecule has 0 spiro atoms. The van der Waals surface area contributed by atoms with Gasteiger partial charge in [-0.2, -0.15) is 0 Å². The standard InChI is InChI=1S/C17H16N2O2/c1-11-7-14(6-5-13-4-3-12(2)18-9-13)8-15-17(11)21-10-16(20)19-15/h3-9H,10H2,1-2H3,(H,19,20)/b6-5+. The van der Waals surface area contributed by atoms with Crippen LogP contribution in [0.2, 0.25) is 0 Å². The molecular formula is C17H16N2O2. The van der Waals surface area contributed by atoms with Crippen molar-refractivity contribution in [3.05, 3.63) is 52.8 Å². The molecule has 4 nitrogen and oxygen atoms in total. The fourth-order valence-electron chi connectivity index (χ4n) is 2.28. The molecule has 1 aromatic heterocycles. The third kappa shape index (κ3) is 2.94. The Morgan fingerprint density at radius 2 is 2.00 bits per heavy atom. The van der Waals surface area contributed by atoms with Gasteiger partial charge < -0.3 is 10.1 Å². The first kappa shape index (κ1) is 13.4. The molecule has 1 aliphatic rings. The Kier molecular flexibility index (Phi) is 3.44. The molecule has 21 heavy (non-hydrogen) atoms. The summed E-state index contributed by atoms with van der Waals surface area (Å²) in [7, 11) is 0. The van der Waals surface area contributed by atoms with Gasteiger partial charge in [0.05, 0.1) is 5.69 Å². The molecule has 1 aliphatic heterocycles. The zero-order chi connectivity index (χ0) is 14.8. The third-order valence-corrected chi connectivity index (χ3v) is 3.32. The van der Waals surface area contributed by atoms with E-state index in [4.69, 9.17) is 4.74 Å². The Morgan fingerprint density at radius 3 is 2.76 bits per heavy atom. The van der Waals surface area contributed by atoms with E-state index in [1.54, 1.807) is 0 Å². The van der Waals surface area contributed by atoms with Crippen molar-refractivity contribution in [2.75, 3.05) is 11.9 Å². The van der Waals surface area contributed by atoms with Gasteiger partial charge in [-0.25, -0.2) is 0 Å². The fraction of sp³-hybridized carbons (Fsp3) is 0.176. The summed E-state index contributed by atoms with van der Waals surface area (Å²) in [5.74, 6) is 0.634. The summed E-state index contributed by atoms with van der Waals surface area (Å²) in [4.78, 5) is 15.7. The molecule has 0 unspecified atom stereocenters. The van der Waals surface area contributed by atoms with Gasteiger partial charge >= 0.3 is 0 Å². The molecule has 0 saturated carbocycles. The first-order chi connectivity index (χ1) is 10.1. The third-order valence-electron chi connectivity index (χ3n) is 3.32. The smallest absolute Gasteiger partial charge is 0.262 e. The highest BCUT2D eigenvalue weighted by Gasteiger charge is 2.17. The SMILES string of the molecule is Cc1ccc(/C=C/c2cc(C)c3c(c2)NC(=O)CO3)cn1. The second-order valence-corrected chi connectivity index (χ2v) is 5.12. The Morgan fingerprint density at radius 1 is 1.19 bits per heavy atom. The van der Waals surface area contributed by atoms with Crippen molar-refractivity contribution in [2.24, 2.45) is 0 Å². The number of carbonyl (C=O) groups is 1. The predicted molar refractivity (Wildman–Crippen MR) is 83.2 cm³/mol. The summed E-state index contributed by atoms with van der Waals surface area (Å²) in [6.45, 7) is 4.02. The lowest BCUT2D eigenvalue weighted by Crippen LogP contribution is -2.25. The molecule has 3 rings (SSSR count). The van der Waals surface area contributed by atoms with E-state index >= 15 is 0 Å². The average Bonchev–Trinajstić information content (AvgIpc) is 2.46. The van der Waals surface area contributed by atoms with E-state index < -0.39 is 0 Å². The molecule has 2 aromatic rings. The molecule has 2 heterocycles. The number of hydrogen-bond acceptors (Lipinski definition) is 3. The van der Waals surface area contributed by atoms with E-state index in [-0.39, 0.29) is 12.5 Å². The zero-order valence-corrected chi connectivity index (χ0v) is 12.0. The van der Waals surface area contributed by atoms with E-state index in [1.165, 1.54) is 0 Å². The molecule has 0 atom stereocenters. The van der Waals surface area contributed by atoms with Crippen LogP contribution in [-0.4, -0.2) is 17.5 Å². The number of anilines is 1.